The van der Waals surface area contributed by atoms with Gasteiger partial charge in [-0.3, -0.25) is 9.78 Å². The van der Waals surface area contributed by atoms with Crippen LogP contribution in [0.5, 0.6) is 5.75 Å². The minimum absolute atomic E-state index is 0.247. The van der Waals surface area contributed by atoms with Crippen LogP contribution in [0.3, 0.4) is 0 Å². The number of nitrogens with zero attached hydrogens (tertiary/aromatic N) is 2. The van der Waals surface area contributed by atoms with Crippen molar-refractivity contribution < 1.29 is 36.9 Å². The number of benzene rings is 2. The molecule has 2 heterocycles. The first kappa shape index (κ1) is 33.8. The third kappa shape index (κ3) is 8.90. The number of pyridine rings is 2. The van der Waals surface area contributed by atoms with E-state index in [9.17, 15) is 22.8 Å². The lowest BCUT2D eigenvalue weighted by Gasteiger charge is -2.23. The van der Waals surface area contributed by atoms with Crippen molar-refractivity contribution in [3.63, 3.8) is 0 Å². The van der Waals surface area contributed by atoms with Crippen molar-refractivity contribution in [2.24, 2.45) is 0 Å². The van der Waals surface area contributed by atoms with E-state index in [0.717, 1.165) is 11.3 Å². The average molecular weight is 670 g/mol. The Kier molecular flexibility index (Phi) is 10.8. The molecule has 0 aliphatic heterocycles. The summed E-state index contributed by atoms with van der Waals surface area (Å²) >= 11 is 3.24. The summed E-state index contributed by atoms with van der Waals surface area (Å²) in [4.78, 5) is 28.6. The van der Waals surface area contributed by atoms with Gasteiger partial charge in [-0.2, -0.15) is 13.2 Å². The summed E-state index contributed by atoms with van der Waals surface area (Å²) < 4.78 is 62.7. The van der Waals surface area contributed by atoms with E-state index in [0.29, 0.717) is 26.3 Å². The first-order chi connectivity index (χ1) is 20.0. The van der Waals surface area contributed by atoms with Crippen LogP contribution in [0, 0.1) is 12.7 Å². The maximum atomic E-state index is 15.0. The fraction of sp³-hybridized carbons (Fsp3) is 0.367. The smallest absolute Gasteiger partial charge is 0.407 e. The second-order valence-corrected chi connectivity index (χ2v) is 11.5. The first-order valence-electron chi connectivity index (χ1n) is 13.1. The Labute approximate surface area is 253 Å². The van der Waals surface area contributed by atoms with Gasteiger partial charge >= 0.3 is 12.3 Å². The van der Waals surface area contributed by atoms with Crippen LogP contribution in [0.25, 0.3) is 21.7 Å². The zero-order chi connectivity index (χ0) is 32.1. The second-order valence-electron chi connectivity index (χ2n) is 10.7. The molecule has 0 aliphatic rings. The van der Waals surface area contributed by atoms with Crippen LogP contribution >= 0.6 is 15.9 Å². The van der Waals surface area contributed by atoms with Crippen LogP contribution in [-0.2, 0) is 11.3 Å². The Hall–Kier alpha value is -3.71. The molecular weight excluding hydrogens is 638 g/mol. The number of amides is 1. The predicted octanol–water partition coefficient (Wildman–Crippen LogP) is 6.64. The topological polar surface area (TPSA) is 103 Å². The highest BCUT2D eigenvalue weighted by molar-refractivity contribution is 9.10. The molecule has 2 N–H and O–H groups in total. The third-order valence-corrected chi connectivity index (χ3v) is 6.76. The molecule has 0 spiro atoms. The van der Waals surface area contributed by atoms with Crippen molar-refractivity contribution in [2.75, 3.05) is 13.7 Å². The number of hydrogen-bond acceptors (Lipinski definition) is 6. The molecule has 4 rings (SSSR count). The van der Waals surface area contributed by atoms with Crippen molar-refractivity contribution in [1.82, 2.24) is 14.9 Å². The van der Waals surface area contributed by atoms with E-state index in [1.807, 2.05) is 35.6 Å². The summed E-state index contributed by atoms with van der Waals surface area (Å²) in [5.41, 5.74) is 0.743. The average Bonchev–Trinajstić information content (AvgIpc) is 2.91. The number of alkyl halides is 3. The number of aliphatic hydroxyl groups is 1. The van der Waals surface area contributed by atoms with Gasteiger partial charge < -0.3 is 24.5 Å². The summed E-state index contributed by atoms with van der Waals surface area (Å²) in [5.74, 6) is 0.276. The Morgan fingerprint density at radius 2 is 1.74 bits per heavy atom. The number of aromatic nitrogens is 2. The normalized spacial score (nSPS) is 12.4. The zero-order valence-corrected chi connectivity index (χ0v) is 25.8. The van der Waals surface area contributed by atoms with E-state index < -0.39 is 42.8 Å². The number of alkyl carbamates (subject to hydrolysis) is 1. The number of aryl methyl sites for hydroxylation is 1. The number of rotatable bonds is 6. The van der Waals surface area contributed by atoms with E-state index in [1.54, 1.807) is 53.1 Å². The fourth-order valence-electron chi connectivity index (χ4n) is 4.30. The predicted molar refractivity (Wildman–Crippen MR) is 159 cm³/mol. The molecule has 0 aliphatic carbocycles. The molecule has 0 bridgehead atoms. The van der Waals surface area contributed by atoms with Gasteiger partial charge in [-0.25, -0.2) is 9.18 Å². The number of nitrogens with one attached hydrogen (secondary N) is 1. The van der Waals surface area contributed by atoms with Crippen LogP contribution < -0.4 is 15.6 Å². The standard InChI is InChI=1S/C21H16BrFN2O2.C9H16F3NO3/c1-12-18-15(9-10-24-12)16-7-8-17(22)19(23)20(16)25(21(18)26)11-13-3-5-14(27-2)6-4-13;1-8(2,3)16-7(15)13-6(5-14)4-9(10,11)12/h3-10H,11H2,1-2H3;6,14H,4-5H2,1-3H3,(H,13,15). The third-order valence-electron chi connectivity index (χ3n) is 6.15. The number of halogens is 5. The Balaban J connectivity index is 0.000000273. The van der Waals surface area contributed by atoms with E-state index in [2.05, 4.69) is 20.9 Å². The Morgan fingerprint density at radius 3 is 2.30 bits per heavy atom. The van der Waals surface area contributed by atoms with Crippen molar-refractivity contribution >= 4 is 43.7 Å². The van der Waals surface area contributed by atoms with Crippen molar-refractivity contribution in [1.29, 1.82) is 0 Å². The van der Waals surface area contributed by atoms with Crippen LogP contribution in [0.2, 0.25) is 0 Å². The number of methoxy groups -OCH3 is 1. The van der Waals surface area contributed by atoms with Gasteiger partial charge in [0.05, 0.1) is 53.8 Å². The summed E-state index contributed by atoms with van der Waals surface area (Å²) in [6, 6.07) is 11.3. The molecule has 1 atom stereocenters. The number of fused-ring (bicyclic) bond motifs is 3. The SMILES string of the molecule is CC(C)(C)OC(=O)NC(CO)CC(F)(F)F.COc1ccc(Cn2c(=O)c3c(C)nccc3c3ccc(Br)c(F)c32)cc1. The van der Waals surface area contributed by atoms with E-state index in [-0.39, 0.29) is 17.6 Å². The molecule has 43 heavy (non-hydrogen) atoms. The zero-order valence-electron chi connectivity index (χ0n) is 24.2. The number of carbonyl (C=O) groups excluding carboxylic acids is 1. The van der Waals surface area contributed by atoms with E-state index >= 15 is 4.39 Å². The molecule has 1 amide bonds. The molecule has 0 saturated carbocycles. The molecule has 8 nitrogen and oxygen atoms in total. The molecule has 0 radical (unpaired) electrons. The van der Waals surface area contributed by atoms with Crippen molar-refractivity contribution in [3.8, 4) is 5.75 Å². The van der Waals surface area contributed by atoms with Crippen molar-refractivity contribution in [3.05, 3.63) is 80.6 Å². The molecule has 232 valence electrons. The van der Waals surface area contributed by atoms with Crippen LogP contribution in [0.15, 0.2) is 57.9 Å². The summed E-state index contributed by atoms with van der Waals surface area (Å²) in [7, 11) is 1.60. The maximum Gasteiger partial charge on any atom is 0.407 e. The minimum Gasteiger partial charge on any atom is -0.497 e. The largest absolute Gasteiger partial charge is 0.497 e. The highest BCUT2D eigenvalue weighted by Gasteiger charge is 2.33. The molecule has 4 aromatic rings. The quantitative estimate of drug-likeness (QED) is 0.176. The Bertz CT molecular complexity index is 1650. The fourth-order valence-corrected chi connectivity index (χ4v) is 4.62. The van der Waals surface area contributed by atoms with Gasteiger partial charge in [0.2, 0.25) is 0 Å². The van der Waals surface area contributed by atoms with Gasteiger partial charge in [0.25, 0.3) is 5.56 Å². The van der Waals surface area contributed by atoms with Gasteiger partial charge in [0.15, 0.2) is 5.82 Å². The van der Waals surface area contributed by atoms with E-state index in [1.165, 1.54) is 4.57 Å². The van der Waals surface area contributed by atoms with Gasteiger partial charge in [-0.1, -0.05) is 18.2 Å². The lowest BCUT2D eigenvalue weighted by molar-refractivity contribution is -0.141. The van der Waals surface area contributed by atoms with Gasteiger partial charge in [0.1, 0.15) is 11.4 Å². The molecule has 0 fully saturated rings. The highest BCUT2D eigenvalue weighted by atomic mass is 79.9. The van der Waals surface area contributed by atoms with Crippen LogP contribution in [0.4, 0.5) is 22.4 Å². The van der Waals surface area contributed by atoms with Gasteiger partial charge in [-0.15, -0.1) is 0 Å². The summed E-state index contributed by atoms with van der Waals surface area (Å²) in [6.45, 7) is 6.01. The maximum absolute atomic E-state index is 15.0. The minimum atomic E-state index is -4.44. The molecule has 1 unspecified atom stereocenters. The number of carbonyl (C=O) groups is 1. The van der Waals surface area contributed by atoms with Gasteiger partial charge in [0, 0.05) is 11.6 Å². The number of hydrogen-bond donors (Lipinski definition) is 2. The molecular formula is C30H32BrF4N3O5. The Morgan fingerprint density at radius 1 is 1.09 bits per heavy atom. The van der Waals surface area contributed by atoms with Crippen molar-refractivity contribution in [2.45, 2.75) is 58.5 Å². The van der Waals surface area contributed by atoms with Crippen LogP contribution in [0.1, 0.15) is 38.4 Å². The lowest BCUT2D eigenvalue weighted by Crippen LogP contribution is -2.43. The second kappa shape index (κ2) is 13.7. The molecule has 0 saturated heterocycles. The molecule has 13 heteroatoms. The lowest BCUT2D eigenvalue weighted by atomic mass is 10.0. The van der Waals surface area contributed by atoms with Crippen LogP contribution in [-0.4, -0.2) is 52.3 Å². The summed E-state index contributed by atoms with van der Waals surface area (Å²) in [5, 5.41) is 12.5. The first-order valence-corrected chi connectivity index (χ1v) is 13.9. The molecule has 2 aromatic heterocycles. The van der Waals surface area contributed by atoms with E-state index in [4.69, 9.17) is 14.6 Å². The van der Waals surface area contributed by atoms with Gasteiger partial charge in [-0.05, 0) is 78.8 Å². The summed E-state index contributed by atoms with van der Waals surface area (Å²) in [6.07, 6.45) is -5.06. The highest BCUT2D eigenvalue weighted by Crippen LogP contribution is 2.30. The number of aliphatic hydroxyl groups excluding tert-OH is 1. The number of ether oxygens (including phenoxy) is 2. The monoisotopic (exact) mass is 669 g/mol. The molecule has 2 aromatic carbocycles.